The van der Waals surface area contributed by atoms with E-state index in [2.05, 4.69) is 45.5 Å². The lowest BCUT2D eigenvalue weighted by Crippen LogP contribution is -1.94. The average molecular weight is 159 g/mol. The van der Waals surface area contributed by atoms with Crippen LogP contribution in [0, 0.1) is 12.8 Å². The van der Waals surface area contributed by atoms with Gasteiger partial charge in [-0.2, -0.15) is 0 Å². The van der Waals surface area contributed by atoms with Crippen LogP contribution in [0.25, 0.3) is 6.08 Å². The van der Waals surface area contributed by atoms with Gasteiger partial charge in [-0.05, 0) is 29.5 Å². The molecule has 12 heavy (non-hydrogen) atoms. The molecule has 0 aliphatic carbocycles. The third-order valence-electron chi connectivity index (χ3n) is 2.13. The first-order valence-electron chi connectivity index (χ1n) is 4.19. The van der Waals surface area contributed by atoms with Gasteiger partial charge >= 0.3 is 0 Å². The lowest BCUT2D eigenvalue weighted by molar-refractivity contribution is 1.12. The molecule has 0 bridgehead atoms. The fraction of sp³-hybridized carbons (Fsp3) is 0.250. The molecule has 0 aromatic heterocycles. The summed E-state index contributed by atoms with van der Waals surface area (Å²) in [5.74, 6) is 1.36. The fourth-order valence-corrected chi connectivity index (χ4v) is 1.42. The topological polar surface area (TPSA) is 0 Å². The van der Waals surface area contributed by atoms with Crippen molar-refractivity contribution < 1.29 is 0 Å². The zero-order valence-corrected chi connectivity index (χ0v) is 8.02. The van der Waals surface area contributed by atoms with Gasteiger partial charge in [-0.3, -0.25) is 0 Å². The van der Waals surface area contributed by atoms with Crippen molar-refractivity contribution >= 4 is 6.08 Å². The normalized spacial score (nSPS) is 10.3. The molecule has 1 aromatic carbocycles. The van der Waals surface area contributed by atoms with Gasteiger partial charge in [-0.1, -0.05) is 44.7 Å². The first kappa shape index (κ1) is 9.05. The van der Waals surface area contributed by atoms with Crippen LogP contribution in [0.4, 0.5) is 0 Å². The zero-order valence-electron chi connectivity index (χ0n) is 8.02. The van der Waals surface area contributed by atoms with Gasteiger partial charge in [0.2, 0.25) is 0 Å². The highest BCUT2D eigenvalue weighted by Gasteiger charge is 2.04. The molecule has 0 fully saturated rings. The van der Waals surface area contributed by atoms with E-state index in [1.54, 1.807) is 0 Å². The number of rotatable bonds is 2. The maximum absolute atomic E-state index is 3.78. The lowest BCUT2D eigenvalue weighted by Gasteiger charge is -2.10. The molecule has 0 heterocycles. The van der Waals surface area contributed by atoms with Gasteiger partial charge in [0.05, 0.1) is 0 Å². The minimum atomic E-state index is 1.23. The van der Waals surface area contributed by atoms with Crippen molar-refractivity contribution in [2.24, 2.45) is 0 Å². The van der Waals surface area contributed by atoms with Crippen LogP contribution in [0.15, 0.2) is 24.8 Å². The molecule has 1 aromatic rings. The second-order valence-corrected chi connectivity index (χ2v) is 3.22. The lowest BCUT2D eigenvalue weighted by atomic mass is 9.94. The average Bonchev–Trinajstić information content (AvgIpc) is 2.04. The Kier molecular flexibility index (Phi) is 2.69. The standard InChI is InChI=1S/C12H15/c1-5-11-7-6-8-12(9(2)3)10(11)4/h5-8H,1H2,2-4H3. The molecule has 0 amide bonds. The molecule has 0 saturated carbocycles. The maximum Gasteiger partial charge on any atom is -0.000911 e. The van der Waals surface area contributed by atoms with Gasteiger partial charge in [0, 0.05) is 0 Å². The molecule has 1 rings (SSSR count). The third-order valence-corrected chi connectivity index (χ3v) is 2.13. The van der Waals surface area contributed by atoms with Crippen molar-refractivity contribution in [2.75, 3.05) is 0 Å². The predicted molar refractivity (Wildman–Crippen MR) is 55.0 cm³/mol. The highest BCUT2D eigenvalue weighted by atomic mass is 14.1. The molecule has 1 radical (unpaired) electrons. The fourth-order valence-electron chi connectivity index (χ4n) is 1.42. The van der Waals surface area contributed by atoms with E-state index in [0.29, 0.717) is 0 Å². The molecule has 0 saturated heterocycles. The van der Waals surface area contributed by atoms with Crippen LogP contribution in [0.3, 0.4) is 0 Å². The molecule has 0 aliphatic heterocycles. The summed E-state index contributed by atoms with van der Waals surface area (Å²) in [5, 5.41) is 0. The predicted octanol–water partition coefficient (Wildman–Crippen LogP) is 3.60. The van der Waals surface area contributed by atoms with Crippen molar-refractivity contribution in [1.29, 1.82) is 0 Å². The largest absolute Gasteiger partial charge is 0.0985 e. The molecular weight excluding hydrogens is 144 g/mol. The van der Waals surface area contributed by atoms with E-state index in [1.807, 2.05) is 6.08 Å². The summed E-state index contributed by atoms with van der Waals surface area (Å²) in [5.41, 5.74) is 3.90. The Balaban J connectivity index is 3.22. The molecular formula is C12H15. The van der Waals surface area contributed by atoms with Crippen LogP contribution in [-0.4, -0.2) is 0 Å². The zero-order chi connectivity index (χ0) is 9.14. The van der Waals surface area contributed by atoms with Gasteiger partial charge < -0.3 is 0 Å². The summed E-state index contributed by atoms with van der Waals surface area (Å²) in [6.07, 6.45) is 1.90. The van der Waals surface area contributed by atoms with Gasteiger partial charge in [0.1, 0.15) is 0 Å². The Morgan fingerprint density at radius 1 is 1.33 bits per heavy atom. The van der Waals surface area contributed by atoms with Gasteiger partial charge in [-0.25, -0.2) is 0 Å². The summed E-state index contributed by atoms with van der Waals surface area (Å²) in [6, 6.07) is 6.32. The Labute approximate surface area is 74.9 Å². The summed E-state index contributed by atoms with van der Waals surface area (Å²) >= 11 is 0. The van der Waals surface area contributed by atoms with Gasteiger partial charge in [0.15, 0.2) is 0 Å². The molecule has 0 aliphatic rings. The smallest absolute Gasteiger partial charge is 0.000911 e. The van der Waals surface area contributed by atoms with Crippen LogP contribution < -0.4 is 0 Å². The van der Waals surface area contributed by atoms with Crippen LogP contribution in [-0.2, 0) is 0 Å². The molecule has 0 unspecified atom stereocenters. The highest BCUT2D eigenvalue weighted by molar-refractivity contribution is 5.56. The van der Waals surface area contributed by atoms with Crippen LogP contribution in [0.2, 0.25) is 0 Å². The number of benzene rings is 1. The van der Waals surface area contributed by atoms with Gasteiger partial charge in [-0.15, -0.1) is 0 Å². The molecule has 0 atom stereocenters. The quantitative estimate of drug-likeness (QED) is 0.618. The van der Waals surface area contributed by atoms with E-state index in [-0.39, 0.29) is 0 Å². The van der Waals surface area contributed by atoms with E-state index < -0.39 is 0 Å². The van der Waals surface area contributed by atoms with Crippen molar-refractivity contribution in [3.63, 3.8) is 0 Å². The molecule has 0 nitrogen and oxygen atoms in total. The van der Waals surface area contributed by atoms with E-state index in [0.717, 1.165) is 0 Å². The van der Waals surface area contributed by atoms with E-state index in [4.69, 9.17) is 0 Å². The van der Waals surface area contributed by atoms with Crippen molar-refractivity contribution in [3.05, 3.63) is 47.4 Å². The molecule has 0 spiro atoms. The maximum atomic E-state index is 3.78. The van der Waals surface area contributed by atoms with Gasteiger partial charge in [0.25, 0.3) is 0 Å². The first-order valence-corrected chi connectivity index (χ1v) is 4.19. The van der Waals surface area contributed by atoms with Crippen molar-refractivity contribution in [2.45, 2.75) is 20.8 Å². The highest BCUT2D eigenvalue weighted by Crippen LogP contribution is 2.21. The number of hydrogen-bond acceptors (Lipinski definition) is 0. The Morgan fingerprint density at radius 2 is 2.00 bits per heavy atom. The van der Waals surface area contributed by atoms with Crippen molar-refractivity contribution in [1.82, 2.24) is 0 Å². The summed E-state index contributed by atoms with van der Waals surface area (Å²) in [7, 11) is 0. The van der Waals surface area contributed by atoms with Crippen LogP contribution >= 0.6 is 0 Å². The van der Waals surface area contributed by atoms with E-state index in [1.165, 1.54) is 22.6 Å². The third kappa shape index (κ3) is 1.58. The summed E-state index contributed by atoms with van der Waals surface area (Å²) < 4.78 is 0. The van der Waals surface area contributed by atoms with Crippen molar-refractivity contribution in [3.8, 4) is 0 Å². The minimum absolute atomic E-state index is 1.23. The second-order valence-electron chi connectivity index (χ2n) is 3.22. The SMILES string of the molecule is C=Cc1cccc([C](C)C)c1C. The molecule has 63 valence electrons. The number of hydrogen-bond donors (Lipinski definition) is 0. The molecule has 0 heteroatoms. The Bertz CT molecular complexity index is 282. The molecule has 0 N–H and O–H groups in total. The second kappa shape index (κ2) is 3.57. The Hall–Kier alpha value is -1.04. The minimum Gasteiger partial charge on any atom is -0.0985 e. The first-order chi connectivity index (χ1) is 5.66. The monoisotopic (exact) mass is 159 g/mol. The van der Waals surface area contributed by atoms with E-state index in [9.17, 15) is 0 Å². The summed E-state index contributed by atoms with van der Waals surface area (Å²) in [4.78, 5) is 0. The van der Waals surface area contributed by atoms with Crippen LogP contribution in [0.5, 0.6) is 0 Å². The van der Waals surface area contributed by atoms with E-state index >= 15 is 0 Å². The van der Waals surface area contributed by atoms with Crippen LogP contribution in [0.1, 0.15) is 30.5 Å². The Morgan fingerprint density at radius 3 is 2.50 bits per heavy atom. The summed E-state index contributed by atoms with van der Waals surface area (Å²) in [6.45, 7) is 10.2.